The second-order valence-electron chi connectivity index (χ2n) is 4.54. The highest BCUT2D eigenvalue weighted by atomic mass is 35.5. The predicted molar refractivity (Wildman–Crippen MR) is 61.1 cm³/mol. The van der Waals surface area contributed by atoms with Crippen LogP contribution in [-0.2, 0) is 5.41 Å². The molecule has 0 amide bonds. The number of aromatic nitrogens is 3. The van der Waals surface area contributed by atoms with E-state index in [0.717, 1.165) is 5.82 Å². The largest absolute Gasteiger partial charge is 0.394 e. The number of anilines is 1. The Morgan fingerprint density at radius 2 is 2.00 bits per heavy atom. The van der Waals surface area contributed by atoms with E-state index in [1.165, 1.54) is 0 Å². The molecule has 0 unspecified atom stereocenters. The fraction of sp³-hybridized carbons (Fsp3) is 0.400. The zero-order valence-corrected chi connectivity index (χ0v) is 9.71. The highest BCUT2D eigenvalue weighted by Gasteiger charge is 2.21. The van der Waals surface area contributed by atoms with E-state index in [1.54, 1.807) is 6.07 Å². The van der Waals surface area contributed by atoms with Crippen LogP contribution in [0.15, 0.2) is 12.3 Å². The van der Waals surface area contributed by atoms with Gasteiger partial charge in [-0.1, -0.05) is 32.4 Å². The third-order valence-corrected chi connectivity index (χ3v) is 2.56. The summed E-state index contributed by atoms with van der Waals surface area (Å²) in [4.78, 5) is 0. The Hall–Kier alpha value is -1.29. The first-order valence-electron chi connectivity index (χ1n) is 4.70. The zero-order chi connectivity index (χ0) is 11.2. The molecule has 2 rings (SSSR count). The van der Waals surface area contributed by atoms with Crippen molar-refractivity contribution in [3.8, 4) is 0 Å². The van der Waals surface area contributed by atoms with Crippen molar-refractivity contribution >= 4 is 22.9 Å². The van der Waals surface area contributed by atoms with E-state index in [0.29, 0.717) is 16.4 Å². The molecule has 2 N–H and O–H groups in total. The van der Waals surface area contributed by atoms with Gasteiger partial charge in [-0.3, -0.25) is 4.40 Å². The summed E-state index contributed by atoms with van der Waals surface area (Å²) >= 11 is 5.91. The van der Waals surface area contributed by atoms with Crippen LogP contribution in [0, 0.1) is 0 Å². The van der Waals surface area contributed by atoms with Gasteiger partial charge in [0, 0.05) is 11.6 Å². The quantitative estimate of drug-likeness (QED) is 0.747. The number of pyridine rings is 1. The van der Waals surface area contributed by atoms with Crippen molar-refractivity contribution in [1.82, 2.24) is 14.6 Å². The fourth-order valence-corrected chi connectivity index (χ4v) is 1.61. The van der Waals surface area contributed by atoms with Gasteiger partial charge in [-0.25, -0.2) is 0 Å². The highest BCUT2D eigenvalue weighted by molar-refractivity contribution is 6.33. The van der Waals surface area contributed by atoms with Gasteiger partial charge in [0.2, 0.25) is 0 Å². The highest BCUT2D eigenvalue weighted by Crippen LogP contribution is 2.26. The number of hydrogen-bond acceptors (Lipinski definition) is 3. The molecule has 0 saturated carbocycles. The smallest absolute Gasteiger partial charge is 0.185 e. The van der Waals surface area contributed by atoms with Crippen molar-refractivity contribution in [1.29, 1.82) is 0 Å². The van der Waals surface area contributed by atoms with Gasteiger partial charge in [0.1, 0.15) is 5.82 Å². The van der Waals surface area contributed by atoms with Crippen molar-refractivity contribution < 1.29 is 0 Å². The maximum atomic E-state index is 5.91. The van der Waals surface area contributed by atoms with Crippen LogP contribution in [0.25, 0.3) is 5.65 Å². The summed E-state index contributed by atoms with van der Waals surface area (Å²) in [6.45, 7) is 6.23. The Morgan fingerprint density at radius 1 is 1.33 bits per heavy atom. The van der Waals surface area contributed by atoms with Gasteiger partial charge in [-0.05, 0) is 6.07 Å². The first-order chi connectivity index (χ1) is 6.91. The minimum absolute atomic E-state index is 0.0698. The third-order valence-electron chi connectivity index (χ3n) is 2.23. The number of nitrogens with zero attached hydrogens (tertiary/aromatic N) is 3. The SMILES string of the molecule is CC(C)(C)c1nnc2c(N)c(Cl)ccn12. The Labute approximate surface area is 93.1 Å². The van der Waals surface area contributed by atoms with Crippen LogP contribution >= 0.6 is 11.6 Å². The monoisotopic (exact) mass is 224 g/mol. The first kappa shape index (κ1) is 10.2. The van der Waals surface area contributed by atoms with Crippen molar-refractivity contribution in [2.24, 2.45) is 0 Å². The van der Waals surface area contributed by atoms with E-state index in [4.69, 9.17) is 17.3 Å². The average Bonchev–Trinajstić information content (AvgIpc) is 2.54. The Morgan fingerprint density at radius 3 is 2.60 bits per heavy atom. The van der Waals surface area contributed by atoms with Gasteiger partial charge >= 0.3 is 0 Å². The molecule has 0 aliphatic heterocycles. The molecule has 0 fully saturated rings. The van der Waals surface area contributed by atoms with Crippen LogP contribution in [0.5, 0.6) is 0 Å². The Bertz CT molecular complexity index is 510. The number of nitrogen functional groups attached to an aromatic ring is 1. The molecule has 80 valence electrons. The molecule has 0 aliphatic carbocycles. The normalized spacial score (nSPS) is 12.3. The lowest BCUT2D eigenvalue weighted by Crippen LogP contribution is -2.15. The van der Waals surface area contributed by atoms with Crippen molar-refractivity contribution in [2.75, 3.05) is 5.73 Å². The number of rotatable bonds is 0. The van der Waals surface area contributed by atoms with Crippen LogP contribution in [-0.4, -0.2) is 14.6 Å². The molecule has 4 nitrogen and oxygen atoms in total. The van der Waals surface area contributed by atoms with E-state index in [-0.39, 0.29) is 5.41 Å². The van der Waals surface area contributed by atoms with E-state index < -0.39 is 0 Å². The number of nitrogens with two attached hydrogens (primary N) is 1. The van der Waals surface area contributed by atoms with Crippen LogP contribution in [0.4, 0.5) is 5.69 Å². The lowest BCUT2D eigenvalue weighted by atomic mass is 9.96. The molecule has 5 heteroatoms. The van der Waals surface area contributed by atoms with E-state index in [1.807, 2.05) is 10.6 Å². The van der Waals surface area contributed by atoms with Gasteiger partial charge in [-0.2, -0.15) is 0 Å². The predicted octanol–water partition coefficient (Wildman–Crippen LogP) is 2.26. The average molecular weight is 225 g/mol. The molecule has 15 heavy (non-hydrogen) atoms. The standard InChI is InChI=1S/C10H13ClN4/c1-10(2,3)9-14-13-8-7(12)6(11)4-5-15(8)9/h4-5H,12H2,1-3H3. The summed E-state index contributed by atoms with van der Waals surface area (Å²) in [5, 5.41) is 8.70. The summed E-state index contributed by atoms with van der Waals surface area (Å²) in [5.74, 6) is 0.876. The minimum Gasteiger partial charge on any atom is -0.394 e. The lowest BCUT2D eigenvalue weighted by molar-refractivity contribution is 0.539. The summed E-state index contributed by atoms with van der Waals surface area (Å²) in [5.41, 5.74) is 6.84. The number of hydrogen-bond donors (Lipinski definition) is 1. The minimum atomic E-state index is -0.0698. The van der Waals surface area contributed by atoms with Crippen LogP contribution < -0.4 is 5.73 Å². The maximum absolute atomic E-state index is 5.91. The Kier molecular flexibility index (Phi) is 2.12. The molecule has 2 aromatic rings. The molecule has 2 heterocycles. The van der Waals surface area contributed by atoms with Crippen LogP contribution in [0.2, 0.25) is 5.02 Å². The fourth-order valence-electron chi connectivity index (χ4n) is 1.46. The molecule has 0 saturated heterocycles. The lowest BCUT2D eigenvalue weighted by Gasteiger charge is -2.15. The molecule has 0 aliphatic rings. The summed E-state index contributed by atoms with van der Waals surface area (Å²) in [6, 6.07) is 1.75. The third kappa shape index (κ3) is 1.55. The van der Waals surface area contributed by atoms with Gasteiger partial charge in [0.05, 0.1) is 10.7 Å². The van der Waals surface area contributed by atoms with Crippen molar-refractivity contribution in [2.45, 2.75) is 26.2 Å². The number of halogens is 1. The first-order valence-corrected chi connectivity index (χ1v) is 5.08. The molecule has 0 spiro atoms. The van der Waals surface area contributed by atoms with Crippen LogP contribution in [0.3, 0.4) is 0 Å². The molecule has 0 bridgehead atoms. The van der Waals surface area contributed by atoms with Gasteiger partial charge in [-0.15, -0.1) is 10.2 Å². The van der Waals surface area contributed by atoms with E-state index in [2.05, 4.69) is 31.0 Å². The molecular formula is C10H13ClN4. The zero-order valence-electron chi connectivity index (χ0n) is 8.95. The molecular weight excluding hydrogens is 212 g/mol. The second kappa shape index (κ2) is 3.10. The molecule has 0 aromatic carbocycles. The number of fused-ring (bicyclic) bond motifs is 1. The van der Waals surface area contributed by atoms with E-state index in [9.17, 15) is 0 Å². The van der Waals surface area contributed by atoms with E-state index >= 15 is 0 Å². The molecule has 0 atom stereocenters. The van der Waals surface area contributed by atoms with Gasteiger partial charge in [0.25, 0.3) is 0 Å². The summed E-state index contributed by atoms with van der Waals surface area (Å²) in [7, 11) is 0. The van der Waals surface area contributed by atoms with Crippen molar-refractivity contribution in [3.05, 3.63) is 23.1 Å². The second-order valence-corrected chi connectivity index (χ2v) is 4.95. The van der Waals surface area contributed by atoms with Crippen LogP contribution in [0.1, 0.15) is 26.6 Å². The summed E-state index contributed by atoms with van der Waals surface area (Å²) in [6.07, 6.45) is 1.84. The van der Waals surface area contributed by atoms with Gasteiger partial charge < -0.3 is 5.73 Å². The Balaban J connectivity index is 2.78. The summed E-state index contributed by atoms with van der Waals surface area (Å²) < 4.78 is 1.88. The molecule has 0 radical (unpaired) electrons. The topological polar surface area (TPSA) is 56.2 Å². The maximum Gasteiger partial charge on any atom is 0.185 e. The molecule has 2 aromatic heterocycles. The van der Waals surface area contributed by atoms with Gasteiger partial charge in [0.15, 0.2) is 5.65 Å². The van der Waals surface area contributed by atoms with Crippen molar-refractivity contribution in [3.63, 3.8) is 0 Å².